The number of benzene rings is 1. The van der Waals surface area contributed by atoms with Gasteiger partial charge in [-0.2, -0.15) is 0 Å². The third kappa shape index (κ3) is 5.53. The number of rotatable bonds is 7. The van der Waals surface area contributed by atoms with Gasteiger partial charge in [0.05, 0.1) is 18.8 Å². The molecule has 3 heterocycles. The van der Waals surface area contributed by atoms with Crippen LogP contribution in [0.2, 0.25) is 0 Å². The highest BCUT2D eigenvalue weighted by Gasteiger charge is 2.21. The third-order valence-electron chi connectivity index (χ3n) is 5.55. The highest BCUT2D eigenvalue weighted by molar-refractivity contribution is 7.09. The second kappa shape index (κ2) is 9.20. The van der Waals surface area contributed by atoms with Crippen molar-refractivity contribution in [3.05, 3.63) is 64.1 Å². The van der Waals surface area contributed by atoms with Gasteiger partial charge < -0.3 is 4.42 Å². The first-order valence-corrected chi connectivity index (χ1v) is 11.1. The standard InChI is InChI=1S/C23H28FN3OS/c1-17-3-8-21(28-17)14-27-11-9-18(10-12-27)13-26(2)15-23-25-22(16-29-23)19-4-6-20(24)7-5-19/h3-8,16,18H,9-15H2,1-2H3. The van der Waals surface area contributed by atoms with Crippen molar-refractivity contribution < 1.29 is 8.81 Å². The first-order valence-electron chi connectivity index (χ1n) is 10.2. The molecular formula is C23H28FN3OS. The zero-order valence-corrected chi connectivity index (χ0v) is 17.9. The van der Waals surface area contributed by atoms with E-state index in [0.717, 1.165) is 66.4 Å². The number of halogens is 1. The molecule has 0 amide bonds. The van der Waals surface area contributed by atoms with Gasteiger partial charge in [0, 0.05) is 17.5 Å². The second-order valence-corrected chi connectivity index (χ2v) is 9.00. The van der Waals surface area contributed by atoms with E-state index in [2.05, 4.69) is 28.3 Å². The van der Waals surface area contributed by atoms with Crippen molar-refractivity contribution in [3.63, 3.8) is 0 Å². The van der Waals surface area contributed by atoms with E-state index < -0.39 is 0 Å². The topological polar surface area (TPSA) is 32.5 Å². The SMILES string of the molecule is Cc1ccc(CN2CCC(CN(C)Cc3nc(-c4ccc(F)cc4)cs3)CC2)o1. The number of hydrogen-bond acceptors (Lipinski definition) is 5. The summed E-state index contributed by atoms with van der Waals surface area (Å²) in [4.78, 5) is 9.61. The molecule has 1 saturated heterocycles. The lowest BCUT2D eigenvalue weighted by molar-refractivity contribution is 0.140. The molecule has 0 aliphatic carbocycles. The van der Waals surface area contributed by atoms with E-state index in [1.165, 1.54) is 25.0 Å². The predicted octanol–water partition coefficient (Wildman–Crippen LogP) is 5.19. The summed E-state index contributed by atoms with van der Waals surface area (Å²) in [5, 5.41) is 3.17. The van der Waals surface area contributed by atoms with Gasteiger partial charge in [-0.05, 0) is 82.2 Å². The molecule has 1 aliphatic rings. The quantitative estimate of drug-likeness (QED) is 0.533. The number of furan rings is 1. The van der Waals surface area contributed by atoms with Crippen LogP contribution in [0.5, 0.6) is 0 Å². The molecule has 1 fully saturated rings. The summed E-state index contributed by atoms with van der Waals surface area (Å²) in [6, 6.07) is 10.7. The molecule has 0 unspecified atom stereocenters. The Morgan fingerprint density at radius 2 is 1.93 bits per heavy atom. The minimum absolute atomic E-state index is 0.214. The number of piperidine rings is 1. The van der Waals surface area contributed by atoms with Gasteiger partial charge in [0.25, 0.3) is 0 Å². The molecule has 4 rings (SSSR count). The molecule has 0 N–H and O–H groups in total. The average molecular weight is 414 g/mol. The molecule has 29 heavy (non-hydrogen) atoms. The fourth-order valence-corrected chi connectivity index (χ4v) is 4.87. The van der Waals surface area contributed by atoms with Crippen LogP contribution < -0.4 is 0 Å². The maximum atomic E-state index is 13.1. The number of aromatic nitrogens is 1. The number of thiazole rings is 1. The molecule has 0 atom stereocenters. The van der Waals surface area contributed by atoms with Crippen molar-refractivity contribution in [2.45, 2.75) is 32.9 Å². The van der Waals surface area contributed by atoms with Gasteiger partial charge in [-0.15, -0.1) is 11.3 Å². The van der Waals surface area contributed by atoms with E-state index in [-0.39, 0.29) is 5.82 Å². The van der Waals surface area contributed by atoms with Crippen LogP contribution in [0.3, 0.4) is 0 Å². The van der Waals surface area contributed by atoms with E-state index in [1.54, 1.807) is 23.5 Å². The molecule has 0 radical (unpaired) electrons. The van der Waals surface area contributed by atoms with Crippen molar-refractivity contribution in [2.75, 3.05) is 26.7 Å². The summed E-state index contributed by atoms with van der Waals surface area (Å²) in [6.07, 6.45) is 2.45. The van der Waals surface area contributed by atoms with Gasteiger partial charge in [-0.3, -0.25) is 9.80 Å². The first kappa shape index (κ1) is 20.3. The van der Waals surface area contributed by atoms with Gasteiger partial charge in [-0.25, -0.2) is 9.37 Å². The highest BCUT2D eigenvalue weighted by atomic mass is 32.1. The van der Waals surface area contributed by atoms with Crippen LogP contribution in [0.25, 0.3) is 11.3 Å². The summed E-state index contributed by atoms with van der Waals surface area (Å²) < 4.78 is 18.8. The lowest BCUT2D eigenvalue weighted by Gasteiger charge is -2.33. The number of likely N-dealkylation sites (tertiary alicyclic amines) is 1. The van der Waals surface area contributed by atoms with Crippen molar-refractivity contribution in [2.24, 2.45) is 5.92 Å². The molecular weight excluding hydrogens is 385 g/mol. The lowest BCUT2D eigenvalue weighted by Crippen LogP contribution is -2.37. The van der Waals surface area contributed by atoms with Crippen LogP contribution in [0.1, 0.15) is 29.4 Å². The fraction of sp³-hybridized carbons (Fsp3) is 0.435. The smallest absolute Gasteiger partial charge is 0.123 e. The Labute approximate surface area is 176 Å². The Balaban J connectivity index is 1.23. The van der Waals surface area contributed by atoms with Crippen LogP contribution in [0.4, 0.5) is 4.39 Å². The summed E-state index contributed by atoms with van der Waals surface area (Å²) in [7, 11) is 2.18. The molecule has 0 spiro atoms. The largest absolute Gasteiger partial charge is 0.465 e. The monoisotopic (exact) mass is 413 g/mol. The van der Waals surface area contributed by atoms with Crippen LogP contribution in [-0.2, 0) is 13.1 Å². The van der Waals surface area contributed by atoms with Gasteiger partial charge in [0.15, 0.2) is 0 Å². The molecule has 6 heteroatoms. The highest BCUT2D eigenvalue weighted by Crippen LogP contribution is 2.24. The Morgan fingerprint density at radius 1 is 1.17 bits per heavy atom. The van der Waals surface area contributed by atoms with Gasteiger partial charge in [-0.1, -0.05) is 0 Å². The minimum atomic E-state index is -0.214. The number of hydrogen-bond donors (Lipinski definition) is 0. The molecule has 2 aromatic heterocycles. The third-order valence-corrected chi connectivity index (χ3v) is 6.38. The summed E-state index contributed by atoms with van der Waals surface area (Å²) in [5.74, 6) is 2.57. The van der Waals surface area contributed by atoms with Gasteiger partial charge in [0.1, 0.15) is 22.3 Å². The Hall–Kier alpha value is -2.02. The molecule has 154 valence electrons. The van der Waals surface area contributed by atoms with Crippen molar-refractivity contribution in [1.29, 1.82) is 0 Å². The molecule has 4 nitrogen and oxygen atoms in total. The van der Waals surface area contributed by atoms with E-state index in [9.17, 15) is 4.39 Å². The maximum absolute atomic E-state index is 13.1. The summed E-state index contributed by atoms with van der Waals surface area (Å²) >= 11 is 1.68. The van der Waals surface area contributed by atoms with Crippen molar-refractivity contribution >= 4 is 11.3 Å². The summed E-state index contributed by atoms with van der Waals surface area (Å²) in [5.41, 5.74) is 1.90. The number of nitrogens with zero attached hydrogens (tertiary/aromatic N) is 3. The Morgan fingerprint density at radius 3 is 2.62 bits per heavy atom. The molecule has 1 aliphatic heterocycles. The zero-order chi connectivity index (χ0) is 20.2. The Bertz CT molecular complexity index is 912. The van der Waals surface area contributed by atoms with Crippen LogP contribution in [-0.4, -0.2) is 41.5 Å². The maximum Gasteiger partial charge on any atom is 0.123 e. The van der Waals surface area contributed by atoms with Crippen molar-refractivity contribution in [3.8, 4) is 11.3 Å². The molecule has 0 saturated carbocycles. The molecule has 1 aromatic carbocycles. The first-order chi connectivity index (χ1) is 14.0. The second-order valence-electron chi connectivity index (χ2n) is 8.06. The van der Waals surface area contributed by atoms with Crippen LogP contribution >= 0.6 is 11.3 Å². The summed E-state index contributed by atoms with van der Waals surface area (Å²) in [6.45, 7) is 7.13. The van der Waals surface area contributed by atoms with Crippen molar-refractivity contribution in [1.82, 2.24) is 14.8 Å². The van der Waals surface area contributed by atoms with E-state index in [4.69, 9.17) is 9.40 Å². The fourth-order valence-electron chi connectivity index (χ4n) is 3.99. The van der Waals surface area contributed by atoms with Gasteiger partial charge >= 0.3 is 0 Å². The molecule has 0 bridgehead atoms. The van der Waals surface area contributed by atoms with E-state index >= 15 is 0 Å². The Kier molecular flexibility index (Phi) is 6.43. The van der Waals surface area contributed by atoms with E-state index in [0.29, 0.717) is 0 Å². The number of aryl methyl sites for hydroxylation is 1. The van der Waals surface area contributed by atoms with Gasteiger partial charge in [0.2, 0.25) is 0 Å². The average Bonchev–Trinajstić information content (AvgIpc) is 3.33. The zero-order valence-electron chi connectivity index (χ0n) is 17.1. The lowest BCUT2D eigenvalue weighted by atomic mass is 9.96. The van der Waals surface area contributed by atoms with Crippen LogP contribution in [0.15, 0.2) is 46.2 Å². The normalized spacial score (nSPS) is 16.0. The minimum Gasteiger partial charge on any atom is -0.465 e. The van der Waals surface area contributed by atoms with E-state index in [1.807, 2.05) is 13.0 Å². The van der Waals surface area contributed by atoms with Crippen LogP contribution in [0, 0.1) is 18.7 Å². The molecule has 3 aromatic rings. The predicted molar refractivity (Wildman–Crippen MR) is 115 cm³/mol.